The molecule has 5 nitrogen and oxygen atoms in total. The summed E-state index contributed by atoms with van der Waals surface area (Å²) in [6.07, 6.45) is 3.94. The molecule has 0 aliphatic heterocycles. The van der Waals surface area contributed by atoms with E-state index in [2.05, 4.69) is 9.97 Å². The number of aromatic nitrogens is 2. The molecule has 0 radical (unpaired) electrons. The Morgan fingerprint density at radius 3 is 2.94 bits per heavy atom. The second-order valence-electron chi connectivity index (χ2n) is 4.25. The molecule has 86 valence electrons. The van der Waals surface area contributed by atoms with Crippen LogP contribution in [0, 0.1) is 10.1 Å². The van der Waals surface area contributed by atoms with Gasteiger partial charge in [0, 0.05) is 22.4 Å². The first-order chi connectivity index (χ1) is 8.27. The van der Waals surface area contributed by atoms with Crippen molar-refractivity contribution < 1.29 is 4.92 Å². The molecule has 0 fully saturated rings. The lowest BCUT2D eigenvalue weighted by molar-refractivity contribution is -0.531. The predicted molar refractivity (Wildman–Crippen MR) is 61.2 cm³/mol. The maximum absolute atomic E-state index is 11.2. The van der Waals surface area contributed by atoms with Crippen LogP contribution in [0.4, 0.5) is 0 Å². The van der Waals surface area contributed by atoms with E-state index in [0.29, 0.717) is 6.42 Å². The van der Waals surface area contributed by atoms with Gasteiger partial charge in [-0.15, -0.1) is 0 Å². The molecule has 1 aromatic carbocycles. The standard InChI is InChI=1S/C12H11N3O2/c16-15(17)12-9-4-2-1-3-8(9)5-10(12)11-6-13-7-14-11/h1-4,6-7,10,12H,5H2,(H,13,14). The number of nitrogens with one attached hydrogen (secondary N) is 1. The highest BCUT2D eigenvalue weighted by atomic mass is 16.6. The third kappa shape index (κ3) is 1.51. The van der Waals surface area contributed by atoms with Gasteiger partial charge < -0.3 is 4.98 Å². The van der Waals surface area contributed by atoms with Crippen LogP contribution in [-0.2, 0) is 6.42 Å². The molecule has 0 amide bonds. The monoisotopic (exact) mass is 229 g/mol. The molecule has 17 heavy (non-hydrogen) atoms. The zero-order valence-electron chi connectivity index (χ0n) is 9.04. The number of fused-ring (bicyclic) bond motifs is 1. The molecule has 5 heteroatoms. The van der Waals surface area contributed by atoms with Crippen molar-refractivity contribution in [2.75, 3.05) is 0 Å². The molecule has 0 saturated heterocycles. The molecule has 1 aliphatic rings. The minimum Gasteiger partial charge on any atom is -0.348 e. The van der Waals surface area contributed by atoms with Crippen molar-refractivity contribution in [3.05, 3.63) is 63.7 Å². The van der Waals surface area contributed by atoms with E-state index in [9.17, 15) is 10.1 Å². The zero-order valence-corrected chi connectivity index (χ0v) is 9.04. The van der Waals surface area contributed by atoms with E-state index in [-0.39, 0.29) is 10.8 Å². The SMILES string of the molecule is O=[N+]([O-])C1c2ccccc2CC1c1cnc[nH]1. The topological polar surface area (TPSA) is 71.8 Å². The van der Waals surface area contributed by atoms with Crippen LogP contribution in [0.15, 0.2) is 36.8 Å². The highest BCUT2D eigenvalue weighted by Gasteiger charge is 2.42. The second-order valence-corrected chi connectivity index (χ2v) is 4.25. The Morgan fingerprint density at radius 1 is 1.41 bits per heavy atom. The molecule has 1 aromatic heterocycles. The minimum absolute atomic E-state index is 0.134. The van der Waals surface area contributed by atoms with Gasteiger partial charge in [0.05, 0.1) is 12.2 Å². The van der Waals surface area contributed by atoms with Crippen molar-refractivity contribution in [3.63, 3.8) is 0 Å². The summed E-state index contributed by atoms with van der Waals surface area (Å²) in [6, 6.07) is 6.92. The van der Waals surface area contributed by atoms with Gasteiger partial charge in [0.15, 0.2) is 0 Å². The van der Waals surface area contributed by atoms with E-state index >= 15 is 0 Å². The fourth-order valence-electron chi connectivity index (χ4n) is 2.58. The van der Waals surface area contributed by atoms with Crippen molar-refractivity contribution in [1.82, 2.24) is 9.97 Å². The molecule has 0 bridgehead atoms. The molecule has 1 heterocycles. The Labute approximate surface area is 97.7 Å². The number of benzene rings is 1. The van der Waals surface area contributed by atoms with Gasteiger partial charge in [-0.25, -0.2) is 4.98 Å². The van der Waals surface area contributed by atoms with E-state index in [0.717, 1.165) is 16.8 Å². The molecule has 2 atom stereocenters. The van der Waals surface area contributed by atoms with Gasteiger partial charge in [-0.1, -0.05) is 24.3 Å². The summed E-state index contributed by atoms with van der Waals surface area (Å²) in [5, 5.41) is 11.2. The summed E-state index contributed by atoms with van der Waals surface area (Å²) in [7, 11) is 0. The largest absolute Gasteiger partial charge is 0.348 e. The highest BCUT2D eigenvalue weighted by Crippen LogP contribution is 2.43. The predicted octanol–water partition coefficient (Wildman–Crippen LogP) is 2.07. The number of aromatic amines is 1. The first-order valence-electron chi connectivity index (χ1n) is 5.47. The van der Waals surface area contributed by atoms with Crippen LogP contribution in [0.1, 0.15) is 28.8 Å². The van der Waals surface area contributed by atoms with Crippen molar-refractivity contribution in [2.24, 2.45) is 0 Å². The molecule has 1 aliphatic carbocycles. The number of hydrogen-bond acceptors (Lipinski definition) is 3. The zero-order chi connectivity index (χ0) is 11.8. The quantitative estimate of drug-likeness (QED) is 0.632. The van der Waals surface area contributed by atoms with Crippen LogP contribution in [-0.4, -0.2) is 14.9 Å². The molecular formula is C12H11N3O2. The minimum atomic E-state index is -0.661. The van der Waals surface area contributed by atoms with Gasteiger partial charge in [-0.3, -0.25) is 10.1 Å². The highest BCUT2D eigenvalue weighted by molar-refractivity contribution is 5.38. The van der Waals surface area contributed by atoms with Gasteiger partial charge in [0.25, 0.3) is 0 Å². The number of nitrogens with zero attached hydrogens (tertiary/aromatic N) is 2. The Bertz CT molecular complexity index is 551. The fraction of sp³-hybridized carbons (Fsp3) is 0.250. The number of nitro groups is 1. The molecule has 1 N–H and O–H groups in total. The summed E-state index contributed by atoms with van der Waals surface area (Å²) >= 11 is 0. The van der Waals surface area contributed by atoms with Gasteiger partial charge in [0.2, 0.25) is 6.04 Å². The smallest absolute Gasteiger partial charge is 0.246 e. The number of hydrogen-bond donors (Lipinski definition) is 1. The first kappa shape index (κ1) is 10.0. The lowest BCUT2D eigenvalue weighted by Gasteiger charge is -2.11. The Kier molecular flexibility index (Phi) is 2.18. The molecular weight excluding hydrogens is 218 g/mol. The maximum atomic E-state index is 11.2. The van der Waals surface area contributed by atoms with E-state index in [1.807, 2.05) is 24.3 Å². The van der Waals surface area contributed by atoms with Crippen molar-refractivity contribution >= 4 is 0 Å². The van der Waals surface area contributed by atoms with E-state index < -0.39 is 6.04 Å². The molecule has 0 spiro atoms. The van der Waals surface area contributed by atoms with Crippen LogP contribution >= 0.6 is 0 Å². The molecule has 2 aromatic rings. The fourth-order valence-corrected chi connectivity index (χ4v) is 2.58. The first-order valence-corrected chi connectivity index (χ1v) is 5.47. The van der Waals surface area contributed by atoms with Crippen molar-refractivity contribution in [1.29, 1.82) is 0 Å². The van der Waals surface area contributed by atoms with Gasteiger partial charge in [-0.2, -0.15) is 0 Å². The van der Waals surface area contributed by atoms with E-state index in [1.54, 1.807) is 12.5 Å². The van der Waals surface area contributed by atoms with Crippen LogP contribution in [0.3, 0.4) is 0 Å². The third-order valence-corrected chi connectivity index (χ3v) is 3.34. The summed E-state index contributed by atoms with van der Waals surface area (Å²) in [5.74, 6) is -0.134. The second kappa shape index (κ2) is 3.69. The number of H-pyrrole nitrogens is 1. The van der Waals surface area contributed by atoms with Crippen LogP contribution < -0.4 is 0 Å². The Hall–Kier alpha value is -2.17. The third-order valence-electron chi connectivity index (χ3n) is 3.34. The van der Waals surface area contributed by atoms with Gasteiger partial charge in [0.1, 0.15) is 0 Å². The number of rotatable bonds is 2. The Balaban J connectivity index is 2.07. The summed E-state index contributed by atoms with van der Waals surface area (Å²) in [4.78, 5) is 18.0. The lowest BCUT2D eigenvalue weighted by Crippen LogP contribution is -2.15. The summed E-state index contributed by atoms with van der Waals surface area (Å²) < 4.78 is 0. The van der Waals surface area contributed by atoms with Gasteiger partial charge in [-0.05, 0) is 12.0 Å². The molecule has 2 unspecified atom stereocenters. The van der Waals surface area contributed by atoms with Gasteiger partial charge >= 0.3 is 0 Å². The van der Waals surface area contributed by atoms with Crippen LogP contribution in [0.5, 0.6) is 0 Å². The summed E-state index contributed by atoms with van der Waals surface area (Å²) in [6.45, 7) is 0. The summed E-state index contributed by atoms with van der Waals surface area (Å²) in [5.41, 5.74) is 2.73. The normalized spacial score (nSPS) is 22.4. The van der Waals surface area contributed by atoms with E-state index in [4.69, 9.17) is 0 Å². The van der Waals surface area contributed by atoms with Crippen molar-refractivity contribution in [2.45, 2.75) is 18.4 Å². The van der Waals surface area contributed by atoms with Crippen LogP contribution in [0.25, 0.3) is 0 Å². The van der Waals surface area contributed by atoms with E-state index in [1.165, 1.54) is 0 Å². The molecule has 0 saturated carbocycles. The lowest BCUT2D eigenvalue weighted by atomic mass is 9.98. The van der Waals surface area contributed by atoms with Crippen molar-refractivity contribution in [3.8, 4) is 0 Å². The maximum Gasteiger partial charge on any atom is 0.246 e. The van der Waals surface area contributed by atoms with Crippen LogP contribution in [0.2, 0.25) is 0 Å². The average Bonchev–Trinajstić information content (AvgIpc) is 2.95. The molecule has 3 rings (SSSR count). The number of imidazole rings is 1. The average molecular weight is 229 g/mol. The Morgan fingerprint density at radius 2 is 2.24 bits per heavy atom.